The van der Waals surface area contributed by atoms with Gasteiger partial charge in [0, 0.05) is 6.54 Å². The van der Waals surface area contributed by atoms with Crippen molar-refractivity contribution in [3.8, 4) is 11.5 Å². The topological polar surface area (TPSA) is 21.3 Å². The Morgan fingerprint density at radius 1 is 0.947 bits per heavy atom. The average molecular weight is 278 g/mol. The summed E-state index contributed by atoms with van der Waals surface area (Å²) >= 11 is 0. The summed E-state index contributed by atoms with van der Waals surface area (Å²) in [7, 11) is 0. The summed E-state index contributed by atoms with van der Waals surface area (Å²) in [4.78, 5) is 0. The van der Waals surface area contributed by atoms with Crippen LogP contribution in [0.5, 0.6) is 11.5 Å². The van der Waals surface area contributed by atoms with Gasteiger partial charge in [0.1, 0.15) is 11.5 Å². The predicted octanol–water partition coefficient (Wildman–Crippen LogP) is 4.40. The van der Waals surface area contributed by atoms with Gasteiger partial charge in [0.25, 0.3) is 0 Å². The van der Waals surface area contributed by atoms with E-state index in [1.54, 1.807) is 0 Å². The Morgan fingerprint density at radius 2 is 1.68 bits per heavy atom. The van der Waals surface area contributed by atoms with Gasteiger partial charge in [0.2, 0.25) is 0 Å². The van der Waals surface area contributed by atoms with E-state index >= 15 is 0 Å². The van der Waals surface area contributed by atoms with Crippen LogP contribution in [0.4, 0.5) is 0 Å². The second-order valence-corrected chi connectivity index (χ2v) is 4.24. The monoisotopic (exact) mass is 277 g/mol. The minimum absolute atomic E-state index is 0. The molecule has 0 unspecified atom stereocenters. The summed E-state index contributed by atoms with van der Waals surface area (Å²) in [6.45, 7) is 4.10. The van der Waals surface area contributed by atoms with E-state index in [2.05, 4.69) is 24.4 Å². The highest BCUT2D eigenvalue weighted by Crippen LogP contribution is 2.21. The number of halogens is 1. The standard InChI is InChI=1S/C16H19NO.ClH/c1-2-11-17-13-14-7-6-10-16(12-14)18-15-8-4-3-5-9-15;/h3-10,12,17H,2,11,13H2,1H3;1H. The fourth-order valence-electron chi connectivity index (χ4n) is 1.75. The van der Waals surface area contributed by atoms with Crippen LogP contribution in [0.15, 0.2) is 54.6 Å². The maximum atomic E-state index is 5.80. The molecule has 19 heavy (non-hydrogen) atoms. The molecule has 2 nitrogen and oxygen atoms in total. The van der Waals surface area contributed by atoms with Crippen LogP contribution in [0.3, 0.4) is 0 Å². The SMILES string of the molecule is CCCNCc1cccc(Oc2ccccc2)c1.Cl. The zero-order valence-electron chi connectivity index (χ0n) is 11.1. The highest BCUT2D eigenvalue weighted by Gasteiger charge is 1.98. The number of ether oxygens (including phenoxy) is 1. The molecule has 0 amide bonds. The van der Waals surface area contributed by atoms with Crippen LogP contribution in [0.1, 0.15) is 18.9 Å². The molecular weight excluding hydrogens is 258 g/mol. The zero-order chi connectivity index (χ0) is 12.6. The lowest BCUT2D eigenvalue weighted by atomic mass is 10.2. The van der Waals surface area contributed by atoms with E-state index < -0.39 is 0 Å². The van der Waals surface area contributed by atoms with Crippen molar-refractivity contribution in [1.82, 2.24) is 5.32 Å². The summed E-state index contributed by atoms with van der Waals surface area (Å²) in [5.41, 5.74) is 1.25. The van der Waals surface area contributed by atoms with Crippen LogP contribution >= 0.6 is 12.4 Å². The van der Waals surface area contributed by atoms with Gasteiger partial charge in [-0.25, -0.2) is 0 Å². The molecule has 0 saturated carbocycles. The summed E-state index contributed by atoms with van der Waals surface area (Å²) < 4.78 is 5.80. The number of para-hydroxylation sites is 1. The maximum Gasteiger partial charge on any atom is 0.127 e. The van der Waals surface area contributed by atoms with Gasteiger partial charge in [-0.2, -0.15) is 0 Å². The Bertz CT molecular complexity index is 473. The Balaban J connectivity index is 0.00000180. The molecule has 0 aliphatic rings. The summed E-state index contributed by atoms with van der Waals surface area (Å²) in [6, 6.07) is 18.1. The van der Waals surface area contributed by atoms with E-state index in [1.807, 2.05) is 42.5 Å². The van der Waals surface area contributed by atoms with Crippen molar-refractivity contribution < 1.29 is 4.74 Å². The Morgan fingerprint density at radius 3 is 2.42 bits per heavy atom. The van der Waals surface area contributed by atoms with Gasteiger partial charge >= 0.3 is 0 Å². The quantitative estimate of drug-likeness (QED) is 0.790. The fraction of sp³-hybridized carbons (Fsp3) is 0.250. The lowest BCUT2D eigenvalue weighted by Gasteiger charge is -2.08. The van der Waals surface area contributed by atoms with E-state index in [1.165, 1.54) is 5.56 Å². The Hall–Kier alpha value is -1.51. The largest absolute Gasteiger partial charge is 0.457 e. The second-order valence-electron chi connectivity index (χ2n) is 4.24. The minimum Gasteiger partial charge on any atom is -0.457 e. The molecule has 0 fully saturated rings. The number of benzene rings is 2. The van der Waals surface area contributed by atoms with Crippen LogP contribution in [0, 0.1) is 0 Å². The van der Waals surface area contributed by atoms with Crippen molar-refractivity contribution in [1.29, 1.82) is 0 Å². The summed E-state index contributed by atoms with van der Waals surface area (Å²) in [5.74, 6) is 1.76. The molecule has 2 aromatic carbocycles. The molecule has 1 N–H and O–H groups in total. The average Bonchev–Trinajstić information content (AvgIpc) is 2.41. The second kappa shape index (κ2) is 8.57. The smallest absolute Gasteiger partial charge is 0.127 e. The summed E-state index contributed by atoms with van der Waals surface area (Å²) in [6.07, 6.45) is 1.15. The first-order valence-corrected chi connectivity index (χ1v) is 6.41. The number of hydrogen-bond donors (Lipinski definition) is 1. The molecule has 0 spiro atoms. The molecule has 3 heteroatoms. The summed E-state index contributed by atoms with van der Waals surface area (Å²) in [5, 5.41) is 3.39. The van der Waals surface area contributed by atoms with Crippen LogP contribution in [0.2, 0.25) is 0 Å². The molecular formula is C16H20ClNO. The fourth-order valence-corrected chi connectivity index (χ4v) is 1.75. The van der Waals surface area contributed by atoms with E-state index in [0.29, 0.717) is 0 Å². The third kappa shape index (κ3) is 5.33. The molecule has 0 heterocycles. The molecule has 102 valence electrons. The number of rotatable bonds is 6. The third-order valence-electron chi connectivity index (χ3n) is 2.63. The molecule has 0 aromatic heterocycles. The van der Waals surface area contributed by atoms with Gasteiger partial charge in [-0.1, -0.05) is 37.3 Å². The lowest BCUT2D eigenvalue weighted by Crippen LogP contribution is -2.13. The van der Waals surface area contributed by atoms with Crippen LogP contribution in [-0.2, 0) is 6.54 Å². The molecule has 0 saturated heterocycles. The lowest BCUT2D eigenvalue weighted by molar-refractivity contribution is 0.481. The van der Waals surface area contributed by atoms with E-state index in [9.17, 15) is 0 Å². The highest BCUT2D eigenvalue weighted by molar-refractivity contribution is 5.85. The van der Waals surface area contributed by atoms with E-state index in [0.717, 1.165) is 31.0 Å². The first-order valence-electron chi connectivity index (χ1n) is 6.41. The van der Waals surface area contributed by atoms with Gasteiger partial charge in [-0.3, -0.25) is 0 Å². The van der Waals surface area contributed by atoms with Crippen LogP contribution < -0.4 is 10.1 Å². The van der Waals surface area contributed by atoms with E-state index in [4.69, 9.17) is 4.74 Å². The third-order valence-corrected chi connectivity index (χ3v) is 2.63. The molecule has 0 aliphatic heterocycles. The van der Waals surface area contributed by atoms with E-state index in [-0.39, 0.29) is 12.4 Å². The molecule has 2 rings (SSSR count). The first kappa shape index (κ1) is 15.5. The van der Waals surface area contributed by atoms with Crippen molar-refractivity contribution in [3.05, 3.63) is 60.2 Å². The number of hydrogen-bond acceptors (Lipinski definition) is 2. The Kier molecular flexibility index (Phi) is 7.01. The van der Waals surface area contributed by atoms with Crippen molar-refractivity contribution in [2.45, 2.75) is 19.9 Å². The molecule has 0 atom stereocenters. The maximum absolute atomic E-state index is 5.80. The van der Waals surface area contributed by atoms with Crippen LogP contribution in [-0.4, -0.2) is 6.54 Å². The number of nitrogens with one attached hydrogen (secondary N) is 1. The van der Waals surface area contributed by atoms with Gasteiger partial charge in [0.15, 0.2) is 0 Å². The van der Waals surface area contributed by atoms with Crippen molar-refractivity contribution in [3.63, 3.8) is 0 Å². The van der Waals surface area contributed by atoms with Gasteiger partial charge in [-0.05, 0) is 42.8 Å². The van der Waals surface area contributed by atoms with Gasteiger partial charge < -0.3 is 10.1 Å². The molecule has 0 radical (unpaired) electrons. The molecule has 0 bridgehead atoms. The minimum atomic E-state index is 0. The Labute approximate surface area is 121 Å². The van der Waals surface area contributed by atoms with Crippen molar-refractivity contribution in [2.75, 3.05) is 6.54 Å². The normalized spacial score (nSPS) is 9.74. The van der Waals surface area contributed by atoms with Gasteiger partial charge in [-0.15, -0.1) is 12.4 Å². The zero-order valence-corrected chi connectivity index (χ0v) is 12.0. The first-order chi connectivity index (χ1) is 8.88. The van der Waals surface area contributed by atoms with Crippen LogP contribution in [0.25, 0.3) is 0 Å². The molecule has 0 aliphatic carbocycles. The highest BCUT2D eigenvalue weighted by atomic mass is 35.5. The molecule has 2 aromatic rings. The van der Waals surface area contributed by atoms with Crippen molar-refractivity contribution >= 4 is 12.4 Å². The van der Waals surface area contributed by atoms with Gasteiger partial charge in [0.05, 0.1) is 0 Å². The van der Waals surface area contributed by atoms with Crippen molar-refractivity contribution in [2.24, 2.45) is 0 Å². The predicted molar refractivity (Wildman–Crippen MR) is 82.2 cm³/mol.